The van der Waals surface area contributed by atoms with Gasteiger partial charge in [0.2, 0.25) is 0 Å². The van der Waals surface area contributed by atoms with E-state index >= 15 is 0 Å². The summed E-state index contributed by atoms with van der Waals surface area (Å²) >= 11 is 0. The average molecular weight is 299 g/mol. The highest BCUT2D eigenvalue weighted by Crippen LogP contribution is 2.16. The van der Waals surface area contributed by atoms with E-state index in [0.717, 1.165) is 5.56 Å². The third-order valence-corrected chi connectivity index (χ3v) is 3.60. The van der Waals surface area contributed by atoms with Gasteiger partial charge >= 0.3 is 0 Å². The van der Waals surface area contributed by atoms with Crippen molar-refractivity contribution in [2.75, 3.05) is 6.54 Å². The molecule has 0 radical (unpaired) electrons. The highest BCUT2D eigenvalue weighted by Gasteiger charge is 2.16. The summed E-state index contributed by atoms with van der Waals surface area (Å²) in [7, 11) is 0. The first kappa shape index (κ1) is 16.2. The number of phenols is 1. The Morgan fingerprint density at radius 2 is 1.86 bits per heavy atom. The maximum absolute atomic E-state index is 12.0. The highest BCUT2D eigenvalue weighted by atomic mass is 16.3. The summed E-state index contributed by atoms with van der Waals surface area (Å²) in [4.78, 5) is 12.0. The van der Waals surface area contributed by atoms with Crippen molar-refractivity contribution in [3.05, 3.63) is 65.7 Å². The molecule has 22 heavy (non-hydrogen) atoms. The van der Waals surface area contributed by atoms with Crippen molar-refractivity contribution in [3.63, 3.8) is 0 Å². The van der Waals surface area contributed by atoms with Gasteiger partial charge in [-0.1, -0.05) is 42.5 Å². The summed E-state index contributed by atoms with van der Waals surface area (Å²) in [5, 5.41) is 22.8. The second-order valence-electron chi connectivity index (χ2n) is 5.32. The van der Waals surface area contributed by atoms with E-state index in [4.69, 9.17) is 0 Å². The number of carbonyl (C=O) groups excluding carboxylic acids is 1. The molecule has 0 spiro atoms. The van der Waals surface area contributed by atoms with E-state index in [2.05, 4.69) is 5.32 Å². The molecule has 2 rings (SSSR count). The number of aliphatic hydroxyl groups is 1. The predicted molar refractivity (Wildman–Crippen MR) is 85.9 cm³/mol. The molecule has 2 aromatic carbocycles. The molecule has 0 aromatic heterocycles. The largest absolute Gasteiger partial charge is 0.508 e. The van der Waals surface area contributed by atoms with Gasteiger partial charge in [0, 0.05) is 24.6 Å². The fourth-order valence-corrected chi connectivity index (χ4v) is 2.29. The van der Waals surface area contributed by atoms with Crippen LogP contribution in [0.1, 0.15) is 35.4 Å². The second-order valence-corrected chi connectivity index (χ2v) is 5.32. The van der Waals surface area contributed by atoms with Gasteiger partial charge in [0.15, 0.2) is 5.78 Å². The van der Waals surface area contributed by atoms with Gasteiger partial charge < -0.3 is 15.5 Å². The normalized spacial score (nSPS) is 13.5. The predicted octanol–water partition coefficient (Wildman–Crippen LogP) is 2.68. The van der Waals surface area contributed by atoms with Crippen molar-refractivity contribution in [1.82, 2.24) is 5.32 Å². The monoisotopic (exact) mass is 299 g/mol. The molecular weight excluding hydrogens is 278 g/mol. The molecular formula is C18H21NO3. The van der Waals surface area contributed by atoms with Gasteiger partial charge in [-0.25, -0.2) is 0 Å². The fourth-order valence-electron chi connectivity index (χ4n) is 2.29. The first-order valence-electron chi connectivity index (χ1n) is 7.36. The number of aromatic hydroxyl groups is 1. The Balaban J connectivity index is 1.82. The summed E-state index contributed by atoms with van der Waals surface area (Å²) in [6.45, 7) is 2.36. The van der Waals surface area contributed by atoms with Crippen LogP contribution in [-0.2, 0) is 0 Å². The molecule has 0 aliphatic heterocycles. The smallest absolute Gasteiger partial charge is 0.164 e. The van der Waals surface area contributed by atoms with Gasteiger partial charge in [-0.05, 0) is 24.6 Å². The average Bonchev–Trinajstić information content (AvgIpc) is 2.54. The lowest BCUT2D eigenvalue weighted by atomic mass is 10.0. The minimum Gasteiger partial charge on any atom is -0.508 e. The van der Waals surface area contributed by atoms with Crippen LogP contribution in [0.5, 0.6) is 5.75 Å². The molecule has 116 valence electrons. The van der Waals surface area contributed by atoms with E-state index in [0.29, 0.717) is 18.5 Å². The summed E-state index contributed by atoms with van der Waals surface area (Å²) in [5.41, 5.74) is 1.35. The van der Waals surface area contributed by atoms with Crippen molar-refractivity contribution in [3.8, 4) is 5.75 Å². The number of Topliss-reactive ketones (excluding diaryl/α,β-unsaturated/α-hetero) is 1. The first-order valence-corrected chi connectivity index (χ1v) is 7.36. The van der Waals surface area contributed by atoms with Crippen LogP contribution in [0.3, 0.4) is 0 Å². The highest BCUT2D eigenvalue weighted by molar-refractivity contribution is 5.96. The van der Waals surface area contributed by atoms with Crippen molar-refractivity contribution in [2.24, 2.45) is 0 Å². The van der Waals surface area contributed by atoms with Crippen molar-refractivity contribution < 1.29 is 15.0 Å². The topological polar surface area (TPSA) is 69.6 Å². The van der Waals surface area contributed by atoms with Gasteiger partial charge in [0.1, 0.15) is 5.75 Å². The zero-order valence-electron chi connectivity index (χ0n) is 12.6. The molecule has 2 atom stereocenters. The van der Waals surface area contributed by atoms with E-state index in [9.17, 15) is 15.0 Å². The van der Waals surface area contributed by atoms with Gasteiger partial charge in [-0.15, -0.1) is 0 Å². The SMILES string of the molecule is C[C@@H](NCCC(=O)c1cccc(O)c1)[C@@H](O)c1ccccc1. The van der Waals surface area contributed by atoms with Crippen molar-refractivity contribution in [2.45, 2.75) is 25.5 Å². The number of nitrogens with one attached hydrogen (secondary N) is 1. The summed E-state index contributed by atoms with van der Waals surface area (Å²) in [5.74, 6) is 0.0523. The summed E-state index contributed by atoms with van der Waals surface area (Å²) in [6.07, 6.45) is -0.299. The maximum Gasteiger partial charge on any atom is 0.164 e. The Bertz CT molecular complexity index is 613. The minimum atomic E-state index is -0.614. The number of rotatable bonds is 7. The lowest BCUT2D eigenvalue weighted by Gasteiger charge is -2.20. The molecule has 0 unspecified atom stereocenters. The van der Waals surface area contributed by atoms with E-state index in [1.54, 1.807) is 12.1 Å². The molecule has 0 saturated carbocycles. The number of hydrogen-bond acceptors (Lipinski definition) is 4. The van der Waals surface area contributed by atoms with E-state index in [1.807, 2.05) is 37.3 Å². The third kappa shape index (κ3) is 4.41. The molecule has 0 aliphatic rings. The molecule has 0 bridgehead atoms. The molecule has 4 nitrogen and oxygen atoms in total. The van der Waals surface area contributed by atoms with Crippen LogP contribution in [0.15, 0.2) is 54.6 Å². The van der Waals surface area contributed by atoms with Crippen molar-refractivity contribution >= 4 is 5.78 Å². The minimum absolute atomic E-state index is 0.0372. The zero-order chi connectivity index (χ0) is 15.9. The Morgan fingerprint density at radius 1 is 1.14 bits per heavy atom. The standard InChI is InChI=1S/C18H21NO3/c1-13(18(22)14-6-3-2-4-7-14)19-11-10-17(21)15-8-5-9-16(20)12-15/h2-9,12-13,18-20,22H,10-11H2,1H3/t13-,18-/m1/s1. The Hall–Kier alpha value is -2.17. The zero-order valence-corrected chi connectivity index (χ0v) is 12.6. The van der Waals surface area contributed by atoms with Gasteiger partial charge in [0.25, 0.3) is 0 Å². The van der Waals surface area contributed by atoms with Crippen LogP contribution in [-0.4, -0.2) is 28.6 Å². The Labute approximate surface area is 130 Å². The first-order chi connectivity index (χ1) is 10.6. The number of phenolic OH excluding ortho intramolecular Hbond substituents is 1. The molecule has 0 aliphatic carbocycles. The van der Waals surface area contributed by atoms with Crippen LogP contribution in [0.4, 0.5) is 0 Å². The third-order valence-electron chi connectivity index (χ3n) is 3.60. The van der Waals surface area contributed by atoms with Crippen LogP contribution >= 0.6 is 0 Å². The lowest BCUT2D eigenvalue weighted by Crippen LogP contribution is -2.33. The number of benzene rings is 2. The quantitative estimate of drug-likeness (QED) is 0.688. The lowest BCUT2D eigenvalue weighted by molar-refractivity contribution is 0.0971. The number of hydrogen-bond donors (Lipinski definition) is 3. The van der Waals surface area contributed by atoms with Crippen LogP contribution in [0, 0.1) is 0 Å². The number of carbonyl (C=O) groups is 1. The van der Waals surface area contributed by atoms with Gasteiger partial charge in [0.05, 0.1) is 6.10 Å². The second kappa shape index (κ2) is 7.73. The number of aliphatic hydroxyl groups excluding tert-OH is 1. The molecule has 4 heteroatoms. The Morgan fingerprint density at radius 3 is 2.55 bits per heavy atom. The molecule has 2 aromatic rings. The molecule has 0 heterocycles. The molecule has 3 N–H and O–H groups in total. The van der Waals surface area contributed by atoms with Crippen LogP contribution in [0.2, 0.25) is 0 Å². The van der Waals surface area contributed by atoms with E-state index in [1.165, 1.54) is 12.1 Å². The summed E-state index contributed by atoms with van der Waals surface area (Å²) < 4.78 is 0. The fraction of sp³-hybridized carbons (Fsp3) is 0.278. The van der Waals surface area contributed by atoms with Gasteiger partial charge in [-0.2, -0.15) is 0 Å². The molecule has 0 amide bonds. The maximum atomic E-state index is 12.0. The van der Waals surface area contributed by atoms with E-state index < -0.39 is 6.10 Å². The Kier molecular flexibility index (Phi) is 5.69. The van der Waals surface area contributed by atoms with Crippen molar-refractivity contribution in [1.29, 1.82) is 0 Å². The summed E-state index contributed by atoms with van der Waals surface area (Å²) in [6, 6.07) is 15.6. The van der Waals surface area contributed by atoms with Gasteiger partial charge in [-0.3, -0.25) is 4.79 Å². The molecule has 0 fully saturated rings. The van der Waals surface area contributed by atoms with Crippen LogP contribution < -0.4 is 5.32 Å². The molecule has 0 saturated heterocycles. The number of ketones is 1. The van der Waals surface area contributed by atoms with E-state index in [-0.39, 0.29) is 17.6 Å². The van der Waals surface area contributed by atoms with Crippen LogP contribution in [0.25, 0.3) is 0 Å².